The molecule has 0 radical (unpaired) electrons. The minimum Gasteiger partial charge on any atom is -0.497 e. The molecule has 0 aromatic heterocycles. The molecule has 152 valence electrons. The zero-order valence-electron chi connectivity index (χ0n) is 17.7. The molecule has 3 rings (SSSR count). The lowest BCUT2D eigenvalue weighted by Crippen LogP contribution is -2.30. The fourth-order valence-electron chi connectivity index (χ4n) is 3.48. The topological polar surface area (TPSA) is 67.8 Å². The number of anilines is 1. The maximum atomic E-state index is 13.0. The zero-order chi connectivity index (χ0) is 21.2. The van der Waals surface area contributed by atoms with Crippen LogP contribution in [0.25, 0.3) is 0 Å². The Labute approximate surface area is 172 Å². The molecule has 1 N–H and O–H groups in total. The molecule has 5 nitrogen and oxygen atoms in total. The number of hydrogen-bond donors (Lipinski definition) is 1. The molecule has 0 atom stereocenters. The molecule has 0 unspecified atom stereocenters. The smallest absolute Gasteiger partial charge is 0.226 e. The first-order valence-corrected chi connectivity index (χ1v) is 9.88. The van der Waals surface area contributed by atoms with Crippen molar-refractivity contribution in [1.82, 2.24) is 0 Å². The molecular formula is C24H28N2O3. The van der Waals surface area contributed by atoms with Crippen LogP contribution in [-0.2, 0) is 11.2 Å². The number of carbonyl (C=O) groups is 2. The monoisotopic (exact) mass is 392 g/mol. The number of hydrogen-bond acceptors (Lipinski definition) is 4. The molecule has 1 aliphatic rings. The molecule has 29 heavy (non-hydrogen) atoms. The van der Waals surface area contributed by atoms with E-state index in [4.69, 9.17) is 9.73 Å². The van der Waals surface area contributed by atoms with Crippen LogP contribution in [0.2, 0.25) is 0 Å². The highest BCUT2D eigenvalue weighted by Gasteiger charge is 2.28. The van der Waals surface area contributed by atoms with E-state index in [1.165, 1.54) is 5.56 Å². The van der Waals surface area contributed by atoms with Crippen molar-refractivity contribution < 1.29 is 14.3 Å². The zero-order valence-corrected chi connectivity index (χ0v) is 17.7. The number of benzene rings is 2. The first-order chi connectivity index (χ1) is 13.7. The second-order valence-corrected chi connectivity index (χ2v) is 8.40. The number of ketones is 1. The van der Waals surface area contributed by atoms with Gasteiger partial charge in [0.2, 0.25) is 5.91 Å². The Morgan fingerprint density at radius 2 is 1.93 bits per heavy atom. The number of methoxy groups -OCH3 is 1. The lowest BCUT2D eigenvalue weighted by Gasteiger charge is -2.29. The number of ether oxygens (including phenoxy) is 1. The van der Waals surface area contributed by atoms with E-state index in [2.05, 4.69) is 25.2 Å². The van der Waals surface area contributed by atoms with Gasteiger partial charge in [0, 0.05) is 22.7 Å². The van der Waals surface area contributed by atoms with Crippen molar-refractivity contribution in [2.24, 2.45) is 10.9 Å². The van der Waals surface area contributed by atoms with E-state index in [0.717, 1.165) is 23.4 Å². The summed E-state index contributed by atoms with van der Waals surface area (Å²) in [7, 11) is 1.63. The summed E-state index contributed by atoms with van der Waals surface area (Å²) in [5, 5.41) is 2.85. The van der Waals surface area contributed by atoms with Gasteiger partial charge in [-0.25, -0.2) is 0 Å². The first kappa shape index (κ1) is 20.8. The largest absolute Gasteiger partial charge is 0.497 e. The van der Waals surface area contributed by atoms with E-state index in [0.29, 0.717) is 11.3 Å². The highest BCUT2D eigenvalue weighted by molar-refractivity contribution is 6.17. The number of rotatable bonds is 6. The maximum Gasteiger partial charge on any atom is 0.226 e. The number of aliphatic imine (C=N–C) groups is 1. The first-order valence-electron chi connectivity index (χ1n) is 9.88. The number of carbonyl (C=O) groups excluding carboxylic acids is 2. The lowest BCUT2D eigenvalue weighted by atomic mass is 9.85. The molecule has 5 heteroatoms. The van der Waals surface area contributed by atoms with Gasteiger partial charge < -0.3 is 10.1 Å². The number of nitrogens with zero attached hydrogens (tertiary/aromatic N) is 1. The fourth-order valence-corrected chi connectivity index (χ4v) is 3.48. The third-order valence-electron chi connectivity index (χ3n) is 4.99. The van der Waals surface area contributed by atoms with Crippen molar-refractivity contribution in [3.05, 3.63) is 59.2 Å². The quantitative estimate of drug-likeness (QED) is 0.726. The molecule has 2 aromatic carbocycles. The SMILES string of the molecule is COc1ccc2c(c1)C(CC(=O)c1cccc(NC(=O)C(C)C)c1)=NC(C)(C)C2. The molecule has 0 aliphatic carbocycles. The van der Waals surface area contributed by atoms with Crippen molar-refractivity contribution in [3.8, 4) is 5.75 Å². The maximum absolute atomic E-state index is 13.0. The Bertz CT molecular complexity index is 974. The molecule has 0 spiro atoms. The summed E-state index contributed by atoms with van der Waals surface area (Å²) in [5.41, 5.74) is 3.85. The fraction of sp³-hybridized carbons (Fsp3) is 0.375. The minimum absolute atomic E-state index is 0.0316. The van der Waals surface area contributed by atoms with Crippen molar-refractivity contribution in [1.29, 1.82) is 0 Å². The molecule has 0 fully saturated rings. The summed E-state index contributed by atoms with van der Waals surface area (Å²) in [6.07, 6.45) is 1.02. The second kappa shape index (κ2) is 8.19. The highest BCUT2D eigenvalue weighted by atomic mass is 16.5. The van der Waals surface area contributed by atoms with Gasteiger partial charge in [0.25, 0.3) is 0 Å². The van der Waals surface area contributed by atoms with E-state index in [1.807, 2.05) is 26.0 Å². The Balaban J connectivity index is 1.87. The van der Waals surface area contributed by atoms with Crippen molar-refractivity contribution >= 4 is 23.1 Å². The van der Waals surface area contributed by atoms with Crippen LogP contribution in [0.5, 0.6) is 5.75 Å². The van der Waals surface area contributed by atoms with Crippen molar-refractivity contribution in [2.45, 2.75) is 46.1 Å². The van der Waals surface area contributed by atoms with Crippen LogP contribution in [0, 0.1) is 5.92 Å². The van der Waals surface area contributed by atoms with E-state index in [1.54, 1.807) is 31.4 Å². The Hall–Kier alpha value is -2.95. The van der Waals surface area contributed by atoms with E-state index < -0.39 is 0 Å². The molecule has 0 bridgehead atoms. The average molecular weight is 392 g/mol. The van der Waals surface area contributed by atoms with Crippen LogP contribution < -0.4 is 10.1 Å². The van der Waals surface area contributed by atoms with Gasteiger partial charge in [0.15, 0.2) is 5.78 Å². The summed E-state index contributed by atoms with van der Waals surface area (Å²) >= 11 is 0. The minimum atomic E-state index is -0.260. The number of Topliss-reactive ketones (excluding diaryl/α,β-unsaturated/α-hetero) is 1. The van der Waals surface area contributed by atoms with E-state index >= 15 is 0 Å². The third-order valence-corrected chi connectivity index (χ3v) is 4.99. The standard InChI is InChI=1S/C24H28N2O3/c1-15(2)23(28)25-18-8-6-7-16(11-18)22(27)13-21-20-12-19(29-5)10-9-17(20)14-24(3,4)26-21/h6-12,15H,13-14H2,1-5H3,(H,25,28). The Morgan fingerprint density at radius 1 is 1.17 bits per heavy atom. The van der Waals surface area contributed by atoms with Crippen LogP contribution >= 0.6 is 0 Å². The van der Waals surface area contributed by atoms with Crippen LogP contribution in [0.4, 0.5) is 5.69 Å². The molecule has 2 aromatic rings. The van der Waals surface area contributed by atoms with Gasteiger partial charge in [-0.3, -0.25) is 14.6 Å². The number of fused-ring (bicyclic) bond motifs is 1. The summed E-state index contributed by atoms with van der Waals surface area (Å²) in [4.78, 5) is 29.8. The summed E-state index contributed by atoms with van der Waals surface area (Å²) in [5.74, 6) is 0.520. The van der Waals surface area contributed by atoms with Crippen LogP contribution in [-0.4, -0.2) is 30.1 Å². The summed E-state index contributed by atoms with van der Waals surface area (Å²) < 4.78 is 5.36. The van der Waals surface area contributed by atoms with Gasteiger partial charge in [-0.05, 0) is 50.1 Å². The van der Waals surface area contributed by atoms with Gasteiger partial charge >= 0.3 is 0 Å². The van der Waals surface area contributed by atoms with Gasteiger partial charge in [-0.1, -0.05) is 32.0 Å². The number of amides is 1. The molecule has 1 heterocycles. The molecule has 0 saturated carbocycles. The van der Waals surface area contributed by atoms with Crippen molar-refractivity contribution in [3.63, 3.8) is 0 Å². The van der Waals surface area contributed by atoms with Gasteiger partial charge in [-0.2, -0.15) is 0 Å². The summed E-state index contributed by atoms with van der Waals surface area (Å²) in [6.45, 7) is 7.82. The predicted molar refractivity (Wildman–Crippen MR) is 116 cm³/mol. The van der Waals surface area contributed by atoms with Crippen molar-refractivity contribution in [2.75, 3.05) is 12.4 Å². The Kier molecular flexibility index (Phi) is 5.87. The van der Waals surface area contributed by atoms with Crippen LogP contribution in [0.3, 0.4) is 0 Å². The van der Waals surface area contributed by atoms with Gasteiger partial charge in [0.05, 0.1) is 24.8 Å². The molecule has 0 saturated heterocycles. The molecular weight excluding hydrogens is 364 g/mol. The van der Waals surface area contributed by atoms with Gasteiger partial charge in [-0.15, -0.1) is 0 Å². The highest BCUT2D eigenvalue weighted by Crippen LogP contribution is 2.31. The van der Waals surface area contributed by atoms with Gasteiger partial charge in [0.1, 0.15) is 5.75 Å². The second-order valence-electron chi connectivity index (χ2n) is 8.40. The lowest BCUT2D eigenvalue weighted by molar-refractivity contribution is -0.118. The Morgan fingerprint density at radius 3 is 2.62 bits per heavy atom. The summed E-state index contributed by atoms with van der Waals surface area (Å²) in [6, 6.07) is 13.0. The molecule has 1 amide bonds. The average Bonchev–Trinajstić information content (AvgIpc) is 2.67. The predicted octanol–water partition coefficient (Wildman–Crippen LogP) is 4.69. The van der Waals surface area contributed by atoms with Crippen LogP contribution in [0.1, 0.15) is 55.6 Å². The third kappa shape index (κ3) is 4.91. The molecule has 1 aliphatic heterocycles. The van der Waals surface area contributed by atoms with E-state index in [9.17, 15) is 9.59 Å². The normalized spacial score (nSPS) is 14.8. The van der Waals surface area contributed by atoms with E-state index in [-0.39, 0.29) is 29.6 Å². The van der Waals surface area contributed by atoms with Crippen LogP contribution in [0.15, 0.2) is 47.5 Å². The number of nitrogens with one attached hydrogen (secondary N) is 1.